The molecule has 0 aromatic carbocycles. The van der Waals surface area contributed by atoms with Crippen molar-refractivity contribution in [1.82, 2.24) is 0 Å². The molecule has 1 aliphatic rings. The first kappa shape index (κ1) is 23.5. The van der Waals surface area contributed by atoms with Gasteiger partial charge in [-0.3, -0.25) is 9.59 Å². The predicted molar refractivity (Wildman–Crippen MR) is 101 cm³/mol. The van der Waals surface area contributed by atoms with Crippen LogP contribution in [-0.2, 0) is 9.59 Å². The van der Waals surface area contributed by atoms with Crippen LogP contribution in [0.3, 0.4) is 0 Å². The summed E-state index contributed by atoms with van der Waals surface area (Å²) in [5.74, 6) is -4.27. The number of carboxylic acid groups (broad SMARTS) is 1. The highest BCUT2D eigenvalue weighted by Crippen LogP contribution is 2.38. The summed E-state index contributed by atoms with van der Waals surface area (Å²) in [7, 11) is 0. The number of carboxylic acids is 1. The van der Waals surface area contributed by atoms with Gasteiger partial charge in [0.1, 0.15) is 11.9 Å². The van der Waals surface area contributed by atoms with Crippen LogP contribution in [0.2, 0.25) is 0 Å². The number of hydrogen-bond acceptors (Lipinski definition) is 3. The molecule has 2 N–H and O–H groups in total. The van der Waals surface area contributed by atoms with Gasteiger partial charge in [0.15, 0.2) is 0 Å². The first-order valence-electron chi connectivity index (χ1n) is 9.82. The fraction of sp³-hybridized carbons (Fsp3) is 0.714. The van der Waals surface area contributed by atoms with Gasteiger partial charge in [-0.05, 0) is 37.5 Å². The molecular weight excluding hydrogens is 354 g/mol. The Morgan fingerprint density at radius 1 is 1.33 bits per heavy atom. The summed E-state index contributed by atoms with van der Waals surface area (Å²) in [6, 6.07) is 0. The lowest BCUT2D eigenvalue weighted by Crippen LogP contribution is -2.32. The third-order valence-corrected chi connectivity index (χ3v) is 5.19. The number of rotatable bonds is 12. The number of aliphatic hydroxyl groups excluding tert-OH is 1. The Morgan fingerprint density at radius 3 is 2.67 bits per heavy atom. The van der Waals surface area contributed by atoms with Gasteiger partial charge >= 0.3 is 5.97 Å². The van der Waals surface area contributed by atoms with Crippen LogP contribution in [0.25, 0.3) is 0 Å². The number of ketones is 1. The van der Waals surface area contributed by atoms with Crippen molar-refractivity contribution in [2.24, 2.45) is 17.8 Å². The molecule has 6 heteroatoms. The van der Waals surface area contributed by atoms with Crippen molar-refractivity contribution in [1.29, 1.82) is 0 Å². The van der Waals surface area contributed by atoms with E-state index in [9.17, 15) is 23.5 Å². The van der Waals surface area contributed by atoms with Crippen molar-refractivity contribution in [2.45, 2.75) is 77.2 Å². The lowest BCUT2D eigenvalue weighted by molar-refractivity contribution is -0.137. The molecule has 1 saturated carbocycles. The molecule has 4 atom stereocenters. The fourth-order valence-corrected chi connectivity index (χ4v) is 3.49. The molecule has 0 spiro atoms. The molecule has 4 nitrogen and oxygen atoms in total. The van der Waals surface area contributed by atoms with Crippen LogP contribution in [0.5, 0.6) is 0 Å². The van der Waals surface area contributed by atoms with E-state index in [1.807, 2.05) is 26.0 Å². The molecule has 0 heterocycles. The maximum atomic E-state index is 13.9. The highest BCUT2D eigenvalue weighted by molar-refractivity contribution is 5.84. The van der Waals surface area contributed by atoms with Crippen LogP contribution in [-0.4, -0.2) is 34.0 Å². The number of unbranched alkanes of at least 4 members (excludes halogenated alkanes) is 2. The number of aliphatic carboxylic acids is 1. The minimum absolute atomic E-state index is 0.0515. The number of allylic oxidation sites excluding steroid dienone is 3. The average Bonchev–Trinajstić information content (AvgIpc) is 2.86. The van der Waals surface area contributed by atoms with Crippen LogP contribution in [0.4, 0.5) is 8.78 Å². The van der Waals surface area contributed by atoms with Gasteiger partial charge in [0, 0.05) is 25.2 Å². The van der Waals surface area contributed by atoms with Crippen LogP contribution in [0.1, 0.15) is 65.2 Å². The molecule has 154 valence electrons. The Balaban J connectivity index is 2.63. The van der Waals surface area contributed by atoms with Gasteiger partial charge in [0.05, 0.1) is 0 Å². The Kier molecular flexibility index (Phi) is 9.84. The van der Waals surface area contributed by atoms with Crippen LogP contribution in [0, 0.1) is 17.8 Å². The van der Waals surface area contributed by atoms with Crippen molar-refractivity contribution >= 4 is 11.8 Å². The van der Waals surface area contributed by atoms with E-state index in [2.05, 4.69) is 0 Å². The first-order valence-corrected chi connectivity index (χ1v) is 9.82. The zero-order valence-corrected chi connectivity index (χ0v) is 16.2. The Labute approximate surface area is 160 Å². The van der Waals surface area contributed by atoms with Gasteiger partial charge in [-0.2, -0.15) is 0 Å². The molecule has 1 rings (SSSR count). The SMILES string of the molecule is CCCCC(F)(F)[C@H](O)/C=C/[C@H]1[C@H](C)CC(=O)[C@@H]1C/C=C\CCCC(=O)O. The first-order chi connectivity index (χ1) is 12.7. The number of carbonyl (C=O) groups is 2. The van der Waals surface area contributed by atoms with Crippen molar-refractivity contribution < 1.29 is 28.6 Å². The van der Waals surface area contributed by atoms with E-state index < -0.39 is 18.0 Å². The maximum absolute atomic E-state index is 13.9. The smallest absolute Gasteiger partial charge is 0.303 e. The van der Waals surface area contributed by atoms with Crippen molar-refractivity contribution in [2.75, 3.05) is 0 Å². The van der Waals surface area contributed by atoms with E-state index in [0.717, 1.165) is 6.08 Å². The third-order valence-electron chi connectivity index (χ3n) is 5.19. The van der Waals surface area contributed by atoms with E-state index in [-0.39, 0.29) is 36.4 Å². The quantitative estimate of drug-likeness (QED) is 0.374. The third kappa shape index (κ3) is 7.91. The minimum Gasteiger partial charge on any atom is -0.481 e. The molecule has 0 aromatic rings. The summed E-state index contributed by atoms with van der Waals surface area (Å²) >= 11 is 0. The molecule has 0 amide bonds. The summed E-state index contributed by atoms with van der Waals surface area (Å²) in [6.07, 6.45) is 7.49. The Morgan fingerprint density at radius 2 is 2.04 bits per heavy atom. The molecule has 27 heavy (non-hydrogen) atoms. The topological polar surface area (TPSA) is 74.6 Å². The van der Waals surface area contributed by atoms with E-state index in [0.29, 0.717) is 38.5 Å². The average molecular weight is 386 g/mol. The summed E-state index contributed by atoms with van der Waals surface area (Å²) in [6.45, 7) is 3.75. The molecule has 0 unspecified atom stereocenters. The van der Waals surface area contributed by atoms with Crippen LogP contribution in [0.15, 0.2) is 24.3 Å². The van der Waals surface area contributed by atoms with Crippen molar-refractivity contribution in [3.05, 3.63) is 24.3 Å². The summed E-state index contributed by atoms with van der Waals surface area (Å²) in [4.78, 5) is 22.7. The highest BCUT2D eigenvalue weighted by Gasteiger charge is 2.39. The van der Waals surface area contributed by atoms with Gasteiger partial charge in [-0.1, -0.05) is 44.6 Å². The lowest BCUT2D eigenvalue weighted by Gasteiger charge is -2.22. The standard InChI is InChI=1S/C21H32F2O4/c1-3-4-13-21(22,23)19(25)12-11-16-15(2)14-18(24)17(16)9-7-5-6-8-10-20(26)27/h5,7,11-12,15-17,19,25H,3-4,6,8-10,13-14H2,1-2H3,(H,26,27)/b7-5-,12-11+/t15-,16+,17-,19-/m1/s1. The second-order valence-electron chi connectivity index (χ2n) is 7.52. The molecule has 0 radical (unpaired) electrons. The maximum Gasteiger partial charge on any atom is 0.303 e. The normalized spacial score (nSPS) is 24.9. The van der Waals surface area contributed by atoms with E-state index in [1.165, 1.54) is 0 Å². The highest BCUT2D eigenvalue weighted by atomic mass is 19.3. The summed E-state index contributed by atoms with van der Waals surface area (Å²) in [5.41, 5.74) is 0. The minimum atomic E-state index is -3.15. The number of carbonyl (C=O) groups excluding carboxylic acids is 1. The van der Waals surface area contributed by atoms with Crippen LogP contribution < -0.4 is 0 Å². The van der Waals surface area contributed by atoms with Gasteiger partial charge < -0.3 is 10.2 Å². The Bertz CT molecular complexity index is 542. The van der Waals surface area contributed by atoms with Crippen molar-refractivity contribution in [3.8, 4) is 0 Å². The summed E-state index contributed by atoms with van der Waals surface area (Å²) in [5, 5.41) is 18.4. The van der Waals surface area contributed by atoms with Crippen LogP contribution >= 0.6 is 0 Å². The van der Waals surface area contributed by atoms with E-state index >= 15 is 0 Å². The van der Waals surface area contributed by atoms with Gasteiger partial charge in [0.25, 0.3) is 5.92 Å². The monoisotopic (exact) mass is 386 g/mol. The molecular formula is C21H32F2O4. The number of aliphatic hydroxyl groups is 1. The zero-order valence-electron chi connectivity index (χ0n) is 16.2. The summed E-state index contributed by atoms with van der Waals surface area (Å²) < 4.78 is 27.8. The fourth-order valence-electron chi connectivity index (χ4n) is 3.49. The molecule has 1 fully saturated rings. The van der Waals surface area contributed by atoms with E-state index in [4.69, 9.17) is 5.11 Å². The lowest BCUT2D eigenvalue weighted by atomic mass is 9.87. The molecule has 1 aliphatic carbocycles. The predicted octanol–water partition coefficient (Wildman–Crippen LogP) is 4.77. The number of halogens is 2. The van der Waals surface area contributed by atoms with Gasteiger partial charge in [-0.25, -0.2) is 8.78 Å². The number of Topliss-reactive ketones (excluding diaryl/α,β-unsaturated/α-hetero) is 1. The van der Waals surface area contributed by atoms with Gasteiger partial charge in [-0.15, -0.1) is 0 Å². The largest absolute Gasteiger partial charge is 0.481 e. The molecule has 0 aromatic heterocycles. The molecule has 0 aliphatic heterocycles. The molecule has 0 bridgehead atoms. The van der Waals surface area contributed by atoms with Gasteiger partial charge in [0.2, 0.25) is 0 Å². The number of hydrogen-bond donors (Lipinski definition) is 2. The second kappa shape index (κ2) is 11.3. The molecule has 0 saturated heterocycles. The van der Waals surface area contributed by atoms with E-state index in [1.54, 1.807) is 6.08 Å². The number of alkyl halides is 2. The van der Waals surface area contributed by atoms with Crippen molar-refractivity contribution in [3.63, 3.8) is 0 Å². The zero-order chi connectivity index (χ0) is 20.4. The second-order valence-corrected chi connectivity index (χ2v) is 7.52. The Hall–Kier alpha value is -1.56.